The lowest BCUT2D eigenvalue weighted by Crippen LogP contribution is -2.10. The van der Waals surface area contributed by atoms with E-state index >= 15 is 0 Å². The zero-order valence-corrected chi connectivity index (χ0v) is 20.7. The standard InChI is InChI=1S/C26H23ClN4O3S/c1-30(2)18-28-35(33,34)24-11-7-6-10-22(24)20-14-12-19(13-15-20)16-31-23(17-32)25(27)29-26(31)21-8-4-3-5-9-21/h3-15,17-18H,16H2,1-2H3/b28-18+. The highest BCUT2D eigenvalue weighted by Crippen LogP contribution is 2.30. The average Bonchev–Trinajstić information content (AvgIpc) is 3.18. The van der Waals surface area contributed by atoms with Crippen molar-refractivity contribution in [3.8, 4) is 22.5 Å². The summed E-state index contributed by atoms with van der Waals surface area (Å²) in [5.74, 6) is 0.594. The molecule has 0 fully saturated rings. The number of aldehydes is 1. The summed E-state index contributed by atoms with van der Waals surface area (Å²) in [6.07, 6.45) is 1.96. The summed E-state index contributed by atoms with van der Waals surface area (Å²) in [6, 6.07) is 23.7. The van der Waals surface area contributed by atoms with Gasteiger partial charge in [0.25, 0.3) is 10.0 Å². The number of aromatic nitrogens is 2. The third-order valence-corrected chi connectivity index (χ3v) is 6.85. The van der Waals surface area contributed by atoms with E-state index in [0.29, 0.717) is 29.9 Å². The highest BCUT2D eigenvalue weighted by Gasteiger charge is 2.19. The Hall–Kier alpha value is -3.75. The van der Waals surface area contributed by atoms with Crippen LogP contribution in [0.3, 0.4) is 0 Å². The molecule has 7 nitrogen and oxygen atoms in total. The Morgan fingerprint density at radius 2 is 1.60 bits per heavy atom. The predicted octanol–water partition coefficient (Wildman–Crippen LogP) is 5.01. The van der Waals surface area contributed by atoms with Crippen molar-refractivity contribution < 1.29 is 13.2 Å². The smallest absolute Gasteiger partial charge is 0.284 e. The minimum atomic E-state index is -3.87. The molecule has 35 heavy (non-hydrogen) atoms. The SMILES string of the molecule is CN(C)/C=N/S(=O)(=O)c1ccccc1-c1ccc(Cn2c(-c3ccccc3)nc(Cl)c2C=O)cc1. The molecule has 0 aliphatic heterocycles. The lowest BCUT2D eigenvalue weighted by Gasteiger charge is -2.12. The van der Waals surface area contributed by atoms with Crippen LogP contribution in [0, 0.1) is 0 Å². The van der Waals surface area contributed by atoms with Gasteiger partial charge in [0, 0.05) is 31.8 Å². The van der Waals surface area contributed by atoms with Crippen LogP contribution < -0.4 is 0 Å². The summed E-state index contributed by atoms with van der Waals surface area (Å²) < 4.78 is 31.1. The summed E-state index contributed by atoms with van der Waals surface area (Å²) in [5.41, 5.74) is 3.32. The Morgan fingerprint density at radius 3 is 2.26 bits per heavy atom. The minimum Gasteiger partial charge on any atom is -0.368 e. The molecule has 0 amide bonds. The number of carbonyl (C=O) groups excluding carboxylic acids is 1. The van der Waals surface area contributed by atoms with Crippen LogP contribution >= 0.6 is 11.6 Å². The molecule has 0 saturated heterocycles. The predicted molar refractivity (Wildman–Crippen MR) is 138 cm³/mol. The van der Waals surface area contributed by atoms with Gasteiger partial charge in [-0.25, -0.2) is 4.98 Å². The topological polar surface area (TPSA) is 84.6 Å². The van der Waals surface area contributed by atoms with Crippen LogP contribution in [0.15, 0.2) is 88.2 Å². The number of benzene rings is 3. The van der Waals surface area contributed by atoms with Gasteiger partial charge >= 0.3 is 0 Å². The first-order chi connectivity index (χ1) is 16.8. The van der Waals surface area contributed by atoms with Crippen molar-refractivity contribution in [3.05, 3.63) is 95.3 Å². The molecule has 9 heteroatoms. The number of halogens is 1. The van der Waals surface area contributed by atoms with E-state index in [2.05, 4.69) is 9.38 Å². The van der Waals surface area contributed by atoms with Crippen molar-refractivity contribution in [1.29, 1.82) is 0 Å². The number of nitrogens with zero attached hydrogens (tertiary/aromatic N) is 4. The molecule has 0 atom stereocenters. The Balaban J connectivity index is 1.69. The van der Waals surface area contributed by atoms with Gasteiger partial charge < -0.3 is 9.47 Å². The molecule has 1 heterocycles. The number of imidazole rings is 1. The third kappa shape index (κ3) is 5.34. The van der Waals surface area contributed by atoms with Crippen LogP contribution in [0.5, 0.6) is 0 Å². The average molecular weight is 507 g/mol. The van der Waals surface area contributed by atoms with E-state index in [4.69, 9.17) is 11.6 Å². The van der Waals surface area contributed by atoms with Gasteiger partial charge in [-0.1, -0.05) is 84.4 Å². The summed E-state index contributed by atoms with van der Waals surface area (Å²) in [5, 5.41) is 0.146. The second-order valence-electron chi connectivity index (χ2n) is 8.03. The first-order valence-electron chi connectivity index (χ1n) is 10.7. The van der Waals surface area contributed by atoms with Crippen molar-refractivity contribution in [2.24, 2.45) is 4.40 Å². The number of hydrogen-bond acceptors (Lipinski definition) is 4. The number of rotatable bonds is 8. The molecule has 0 spiro atoms. The molecule has 0 saturated carbocycles. The molecule has 1 aromatic heterocycles. The van der Waals surface area contributed by atoms with Gasteiger partial charge in [-0.2, -0.15) is 8.42 Å². The van der Waals surface area contributed by atoms with E-state index in [0.717, 1.165) is 16.7 Å². The number of carbonyl (C=O) groups is 1. The van der Waals surface area contributed by atoms with Crippen molar-refractivity contribution in [2.75, 3.05) is 14.1 Å². The zero-order valence-electron chi connectivity index (χ0n) is 19.2. The van der Waals surface area contributed by atoms with Crippen molar-refractivity contribution in [1.82, 2.24) is 14.5 Å². The maximum Gasteiger partial charge on any atom is 0.284 e. The molecule has 3 aromatic carbocycles. The summed E-state index contributed by atoms with van der Waals surface area (Å²) in [6.45, 7) is 0.366. The monoisotopic (exact) mass is 506 g/mol. The number of hydrogen-bond donors (Lipinski definition) is 0. The summed E-state index contributed by atoms with van der Waals surface area (Å²) in [7, 11) is -0.464. The second kappa shape index (κ2) is 10.2. The van der Waals surface area contributed by atoms with Gasteiger partial charge in [0.15, 0.2) is 11.4 Å². The van der Waals surface area contributed by atoms with Crippen LogP contribution in [-0.4, -0.2) is 49.6 Å². The lowest BCUT2D eigenvalue weighted by atomic mass is 10.0. The van der Waals surface area contributed by atoms with Gasteiger partial charge in [-0.15, -0.1) is 4.40 Å². The molecule has 0 bridgehead atoms. The highest BCUT2D eigenvalue weighted by molar-refractivity contribution is 7.90. The Kier molecular flexibility index (Phi) is 7.14. The van der Waals surface area contributed by atoms with Crippen LogP contribution in [-0.2, 0) is 16.6 Å². The van der Waals surface area contributed by atoms with E-state index in [1.165, 1.54) is 6.34 Å². The maximum absolute atomic E-state index is 12.8. The van der Waals surface area contributed by atoms with Gasteiger partial charge in [0.1, 0.15) is 17.9 Å². The summed E-state index contributed by atoms with van der Waals surface area (Å²) >= 11 is 6.24. The normalized spacial score (nSPS) is 11.6. The molecule has 4 aromatic rings. The minimum absolute atomic E-state index is 0.127. The fourth-order valence-corrected chi connectivity index (χ4v) is 5.00. The van der Waals surface area contributed by atoms with Crippen LogP contribution in [0.1, 0.15) is 16.1 Å². The van der Waals surface area contributed by atoms with E-state index in [1.807, 2.05) is 54.6 Å². The van der Waals surface area contributed by atoms with E-state index < -0.39 is 10.0 Å². The molecular formula is C26H23ClN4O3S. The maximum atomic E-state index is 12.8. The van der Waals surface area contributed by atoms with Gasteiger partial charge in [0.05, 0.1) is 4.90 Å². The Morgan fingerprint density at radius 1 is 0.943 bits per heavy atom. The molecule has 0 aliphatic carbocycles. The first kappa shape index (κ1) is 24.4. The zero-order chi connectivity index (χ0) is 25.0. The van der Waals surface area contributed by atoms with Crippen molar-refractivity contribution in [3.63, 3.8) is 0 Å². The van der Waals surface area contributed by atoms with E-state index in [-0.39, 0.29) is 10.0 Å². The fraction of sp³-hybridized carbons (Fsp3) is 0.115. The quantitative estimate of drug-likeness (QED) is 0.190. The van der Waals surface area contributed by atoms with Gasteiger partial charge in [-0.05, 0) is 17.2 Å². The summed E-state index contributed by atoms with van der Waals surface area (Å²) in [4.78, 5) is 17.8. The largest absolute Gasteiger partial charge is 0.368 e. The molecular weight excluding hydrogens is 484 g/mol. The molecule has 4 rings (SSSR count). The molecule has 0 radical (unpaired) electrons. The lowest BCUT2D eigenvalue weighted by molar-refractivity contribution is 0.111. The Bertz CT molecular complexity index is 1480. The molecule has 0 aliphatic rings. The first-order valence-corrected chi connectivity index (χ1v) is 12.5. The molecule has 0 unspecified atom stereocenters. The van der Waals surface area contributed by atoms with E-state index in [9.17, 15) is 13.2 Å². The molecule has 178 valence electrons. The van der Waals surface area contributed by atoms with Crippen LogP contribution in [0.4, 0.5) is 0 Å². The number of sulfonamides is 1. The Labute approximate surface area is 209 Å². The molecule has 0 N–H and O–H groups in total. The van der Waals surface area contributed by atoms with Crippen molar-refractivity contribution >= 4 is 34.2 Å². The van der Waals surface area contributed by atoms with E-state index in [1.54, 1.807) is 47.8 Å². The third-order valence-electron chi connectivity index (χ3n) is 5.29. The van der Waals surface area contributed by atoms with Crippen LogP contribution in [0.25, 0.3) is 22.5 Å². The van der Waals surface area contributed by atoms with Gasteiger partial charge in [-0.3, -0.25) is 4.79 Å². The fourth-order valence-electron chi connectivity index (χ4n) is 3.63. The van der Waals surface area contributed by atoms with Crippen LogP contribution in [0.2, 0.25) is 5.15 Å². The van der Waals surface area contributed by atoms with Gasteiger partial charge in [0.2, 0.25) is 0 Å². The second-order valence-corrected chi connectivity index (χ2v) is 9.99. The van der Waals surface area contributed by atoms with Crippen molar-refractivity contribution in [2.45, 2.75) is 11.4 Å². The highest BCUT2D eigenvalue weighted by atomic mass is 35.5.